The zero-order valence-electron chi connectivity index (χ0n) is 7.96. The lowest BCUT2D eigenvalue weighted by Crippen LogP contribution is -2.54. The largest absolute Gasteiger partial charge is 0.405 e. The van der Waals surface area contributed by atoms with E-state index in [0.29, 0.717) is 6.42 Å². The van der Waals surface area contributed by atoms with Crippen LogP contribution in [0.1, 0.15) is 13.3 Å². The first kappa shape index (κ1) is 11.7. The van der Waals surface area contributed by atoms with Crippen molar-refractivity contribution in [3.05, 3.63) is 0 Å². The molecule has 3 unspecified atom stereocenters. The quantitative estimate of drug-likeness (QED) is 0.693. The van der Waals surface area contributed by atoms with Gasteiger partial charge in [-0.05, 0) is 13.3 Å². The second kappa shape index (κ2) is 4.04. The number of alkyl halides is 3. The molecular formula is C8H15F3N2O. The number of hydrogen-bond donors (Lipinski definition) is 2. The molecule has 0 bridgehead atoms. The molecule has 3 atom stereocenters. The molecule has 84 valence electrons. The van der Waals surface area contributed by atoms with Gasteiger partial charge < -0.3 is 10.8 Å². The number of likely N-dealkylation sites (tertiary alicyclic amines) is 1. The summed E-state index contributed by atoms with van der Waals surface area (Å²) in [7, 11) is 0. The van der Waals surface area contributed by atoms with Crippen molar-refractivity contribution in [2.45, 2.75) is 37.7 Å². The summed E-state index contributed by atoms with van der Waals surface area (Å²) >= 11 is 0. The Kier molecular flexibility index (Phi) is 3.39. The van der Waals surface area contributed by atoms with Gasteiger partial charge in [0.2, 0.25) is 0 Å². The third-order valence-electron chi connectivity index (χ3n) is 2.42. The SMILES string of the molecule is CC(N)C(N1CCC(O)C1)C(F)(F)F. The number of hydrogen-bond acceptors (Lipinski definition) is 3. The van der Waals surface area contributed by atoms with Crippen LogP contribution >= 0.6 is 0 Å². The van der Waals surface area contributed by atoms with Crippen LogP contribution in [0, 0.1) is 0 Å². The molecule has 3 nitrogen and oxygen atoms in total. The van der Waals surface area contributed by atoms with E-state index in [0.717, 1.165) is 0 Å². The summed E-state index contributed by atoms with van der Waals surface area (Å²) in [5, 5.41) is 9.15. The minimum Gasteiger partial charge on any atom is -0.392 e. The number of nitrogens with zero attached hydrogens (tertiary/aromatic N) is 1. The molecule has 0 saturated carbocycles. The van der Waals surface area contributed by atoms with Crippen LogP contribution in [0.15, 0.2) is 0 Å². The molecule has 0 amide bonds. The van der Waals surface area contributed by atoms with Crippen molar-refractivity contribution in [2.24, 2.45) is 5.73 Å². The van der Waals surface area contributed by atoms with Crippen LogP contribution in [0.2, 0.25) is 0 Å². The molecule has 1 heterocycles. The summed E-state index contributed by atoms with van der Waals surface area (Å²) in [6.07, 6.45) is -4.59. The zero-order valence-corrected chi connectivity index (χ0v) is 7.96. The van der Waals surface area contributed by atoms with E-state index in [1.54, 1.807) is 0 Å². The van der Waals surface area contributed by atoms with E-state index in [1.807, 2.05) is 0 Å². The third kappa shape index (κ3) is 2.59. The van der Waals surface area contributed by atoms with E-state index in [2.05, 4.69) is 0 Å². The van der Waals surface area contributed by atoms with Crippen molar-refractivity contribution in [1.29, 1.82) is 0 Å². The maximum atomic E-state index is 12.5. The van der Waals surface area contributed by atoms with Crippen LogP contribution in [0.25, 0.3) is 0 Å². The van der Waals surface area contributed by atoms with Gasteiger partial charge in [-0.1, -0.05) is 0 Å². The standard InChI is InChI=1S/C8H15F3N2O/c1-5(12)7(8(9,10)11)13-3-2-6(14)4-13/h5-7,14H,2-4,12H2,1H3. The molecular weight excluding hydrogens is 197 g/mol. The summed E-state index contributed by atoms with van der Waals surface area (Å²) in [5.41, 5.74) is 5.30. The predicted octanol–water partition coefficient (Wildman–Crippen LogP) is 0.331. The van der Waals surface area contributed by atoms with Gasteiger partial charge in [-0.3, -0.25) is 4.90 Å². The fourth-order valence-corrected chi connectivity index (χ4v) is 1.86. The molecule has 1 fully saturated rings. The molecule has 1 rings (SSSR count). The molecule has 0 spiro atoms. The summed E-state index contributed by atoms with van der Waals surface area (Å²) in [5.74, 6) is 0. The molecule has 14 heavy (non-hydrogen) atoms. The fraction of sp³-hybridized carbons (Fsp3) is 1.00. The molecule has 0 aromatic heterocycles. The number of β-amino-alcohol motifs (C(OH)–C–C–N with tert-alkyl or cyclic N) is 1. The Morgan fingerprint density at radius 2 is 2.07 bits per heavy atom. The number of halogens is 3. The van der Waals surface area contributed by atoms with E-state index < -0.39 is 24.4 Å². The van der Waals surface area contributed by atoms with Gasteiger partial charge in [-0.25, -0.2) is 0 Å². The smallest absolute Gasteiger partial charge is 0.392 e. The summed E-state index contributed by atoms with van der Waals surface area (Å²) in [6.45, 7) is 1.65. The second-order valence-electron chi connectivity index (χ2n) is 3.78. The fourth-order valence-electron chi connectivity index (χ4n) is 1.86. The van der Waals surface area contributed by atoms with Crippen molar-refractivity contribution >= 4 is 0 Å². The monoisotopic (exact) mass is 212 g/mol. The van der Waals surface area contributed by atoms with E-state index in [9.17, 15) is 13.2 Å². The van der Waals surface area contributed by atoms with Gasteiger partial charge in [0.25, 0.3) is 0 Å². The van der Waals surface area contributed by atoms with Crippen molar-refractivity contribution in [3.63, 3.8) is 0 Å². The molecule has 0 aromatic rings. The Labute approximate surface area is 80.7 Å². The Hall–Kier alpha value is -0.330. The highest BCUT2D eigenvalue weighted by atomic mass is 19.4. The molecule has 0 radical (unpaired) electrons. The summed E-state index contributed by atoms with van der Waals surface area (Å²) in [4.78, 5) is 1.20. The van der Waals surface area contributed by atoms with Crippen LogP contribution in [0.4, 0.5) is 13.2 Å². The first-order valence-electron chi connectivity index (χ1n) is 4.56. The first-order valence-corrected chi connectivity index (χ1v) is 4.56. The van der Waals surface area contributed by atoms with Gasteiger partial charge in [0, 0.05) is 19.1 Å². The Balaban J connectivity index is 2.69. The van der Waals surface area contributed by atoms with Gasteiger partial charge in [-0.15, -0.1) is 0 Å². The molecule has 6 heteroatoms. The number of nitrogens with two attached hydrogens (primary N) is 1. The number of rotatable bonds is 2. The van der Waals surface area contributed by atoms with Crippen LogP contribution in [-0.2, 0) is 0 Å². The number of aliphatic hydroxyl groups excluding tert-OH is 1. The molecule has 0 aliphatic carbocycles. The average molecular weight is 212 g/mol. The van der Waals surface area contributed by atoms with E-state index >= 15 is 0 Å². The lowest BCUT2D eigenvalue weighted by atomic mass is 10.1. The van der Waals surface area contributed by atoms with Gasteiger partial charge in [0.1, 0.15) is 6.04 Å². The van der Waals surface area contributed by atoms with Crippen molar-refractivity contribution in [1.82, 2.24) is 4.90 Å². The molecule has 1 aliphatic heterocycles. The maximum absolute atomic E-state index is 12.5. The molecule has 3 N–H and O–H groups in total. The van der Waals surface area contributed by atoms with Crippen molar-refractivity contribution in [3.8, 4) is 0 Å². The lowest BCUT2D eigenvalue weighted by molar-refractivity contribution is -0.186. The summed E-state index contributed by atoms with van der Waals surface area (Å²) in [6, 6.07) is -2.61. The highest BCUT2D eigenvalue weighted by molar-refractivity contribution is 4.90. The molecule has 0 aromatic carbocycles. The van der Waals surface area contributed by atoms with Gasteiger partial charge >= 0.3 is 6.18 Å². The molecule has 1 aliphatic rings. The predicted molar refractivity (Wildman–Crippen MR) is 45.7 cm³/mol. The second-order valence-corrected chi connectivity index (χ2v) is 3.78. The van der Waals surface area contributed by atoms with Gasteiger partial charge in [0.15, 0.2) is 0 Å². The zero-order chi connectivity index (χ0) is 10.9. The minimum atomic E-state index is -4.32. The van der Waals surface area contributed by atoms with Crippen molar-refractivity contribution < 1.29 is 18.3 Å². The minimum absolute atomic E-state index is 0.0612. The normalized spacial score (nSPS) is 29.1. The Morgan fingerprint density at radius 3 is 2.36 bits per heavy atom. The van der Waals surface area contributed by atoms with Crippen LogP contribution in [0.5, 0.6) is 0 Å². The topological polar surface area (TPSA) is 49.5 Å². The third-order valence-corrected chi connectivity index (χ3v) is 2.42. The maximum Gasteiger partial charge on any atom is 0.405 e. The highest BCUT2D eigenvalue weighted by Gasteiger charge is 2.47. The highest BCUT2D eigenvalue weighted by Crippen LogP contribution is 2.29. The molecule has 1 saturated heterocycles. The average Bonchev–Trinajstić information content (AvgIpc) is 2.31. The van der Waals surface area contributed by atoms with E-state index in [-0.39, 0.29) is 13.1 Å². The Morgan fingerprint density at radius 1 is 1.50 bits per heavy atom. The van der Waals surface area contributed by atoms with Crippen LogP contribution < -0.4 is 5.73 Å². The lowest BCUT2D eigenvalue weighted by Gasteiger charge is -2.32. The number of aliphatic hydroxyl groups is 1. The van der Waals surface area contributed by atoms with Gasteiger partial charge in [0.05, 0.1) is 6.10 Å². The Bertz CT molecular complexity index is 196. The van der Waals surface area contributed by atoms with Crippen LogP contribution in [0.3, 0.4) is 0 Å². The van der Waals surface area contributed by atoms with E-state index in [4.69, 9.17) is 10.8 Å². The van der Waals surface area contributed by atoms with E-state index in [1.165, 1.54) is 11.8 Å². The van der Waals surface area contributed by atoms with Crippen LogP contribution in [-0.4, -0.2) is 47.5 Å². The first-order chi connectivity index (χ1) is 6.32. The van der Waals surface area contributed by atoms with Crippen molar-refractivity contribution in [2.75, 3.05) is 13.1 Å². The summed E-state index contributed by atoms with van der Waals surface area (Å²) < 4.78 is 37.6. The van der Waals surface area contributed by atoms with Gasteiger partial charge in [-0.2, -0.15) is 13.2 Å².